The first-order chi connectivity index (χ1) is 9.69. The van der Waals surface area contributed by atoms with Crippen LogP contribution < -0.4 is 10.6 Å². The molecule has 114 valence electrons. The van der Waals surface area contributed by atoms with Gasteiger partial charge in [-0.15, -0.1) is 5.10 Å². The molecule has 0 radical (unpaired) electrons. The number of nitrogens with zero attached hydrogens (tertiary/aromatic N) is 3. The van der Waals surface area contributed by atoms with E-state index in [1.807, 2.05) is 0 Å². The van der Waals surface area contributed by atoms with E-state index in [0.29, 0.717) is 30.7 Å². The van der Waals surface area contributed by atoms with Crippen LogP contribution in [0.3, 0.4) is 0 Å². The molecule has 6 nitrogen and oxygen atoms in total. The number of hydrogen-bond donors (Lipinski definition) is 2. The van der Waals surface area contributed by atoms with E-state index in [1.54, 1.807) is 0 Å². The standard InChI is InChI=1S/C12H21F2N5O/c13-10(14)8-20-5-3-11-16-12(18-17-11)19-4-1-2-9(6-15)7-19/h9-10H,1-8,15H2,(H,16,17,18). The lowest BCUT2D eigenvalue weighted by Crippen LogP contribution is -2.39. The third-order valence-corrected chi connectivity index (χ3v) is 3.38. The molecule has 0 aliphatic carbocycles. The Kier molecular flexibility index (Phi) is 5.66. The molecule has 1 aliphatic rings. The minimum atomic E-state index is -2.43. The zero-order chi connectivity index (χ0) is 14.4. The van der Waals surface area contributed by atoms with Crippen LogP contribution in [0, 0.1) is 5.92 Å². The van der Waals surface area contributed by atoms with Gasteiger partial charge in [0.2, 0.25) is 5.95 Å². The molecule has 2 rings (SSSR count). The summed E-state index contributed by atoms with van der Waals surface area (Å²) in [6, 6.07) is 0. The number of ether oxygens (including phenoxy) is 1. The summed E-state index contributed by atoms with van der Waals surface area (Å²) in [6.45, 7) is 2.15. The Hall–Kier alpha value is -1.28. The van der Waals surface area contributed by atoms with Gasteiger partial charge in [0.05, 0.1) is 6.61 Å². The molecule has 0 aromatic carbocycles. The molecular formula is C12H21F2N5O. The van der Waals surface area contributed by atoms with Gasteiger partial charge in [0.15, 0.2) is 0 Å². The first-order valence-electron chi connectivity index (χ1n) is 6.91. The van der Waals surface area contributed by atoms with Crippen LogP contribution in [0.1, 0.15) is 18.7 Å². The summed E-state index contributed by atoms with van der Waals surface area (Å²) < 4.78 is 28.6. The molecule has 0 amide bonds. The summed E-state index contributed by atoms with van der Waals surface area (Å²) >= 11 is 0. The Morgan fingerprint density at radius 2 is 2.35 bits per heavy atom. The van der Waals surface area contributed by atoms with E-state index in [9.17, 15) is 8.78 Å². The highest BCUT2D eigenvalue weighted by Crippen LogP contribution is 2.19. The fourth-order valence-electron chi connectivity index (χ4n) is 2.32. The number of rotatable bonds is 7. The van der Waals surface area contributed by atoms with Gasteiger partial charge in [-0.1, -0.05) is 0 Å². The third-order valence-electron chi connectivity index (χ3n) is 3.38. The van der Waals surface area contributed by atoms with Gasteiger partial charge in [0, 0.05) is 19.5 Å². The molecule has 1 unspecified atom stereocenters. The van der Waals surface area contributed by atoms with E-state index >= 15 is 0 Å². The summed E-state index contributed by atoms with van der Waals surface area (Å²) in [5.74, 6) is 1.80. The molecule has 1 atom stereocenters. The summed E-state index contributed by atoms with van der Waals surface area (Å²) in [7, 11) is 0. The monoisotopic (exact) mass is 289 g/mol. The van der Waals surface area contributed by atoms with Gasteiger partial charge < -0.3 is 15.4 Å². The van der Waals surface area contributed by atoms with E-state index in [1.165, 1.54) is 0 Å². The van der Waals surface area contributed by atoms with Gasteiger partial charge in [-0.3, -0.25) is 5.10 Å². The lowest BCUT2D eigenvalue weighted by molar-refractivity contribution is 0.0183. The van der Waals surface area contributed by atoms with Crippen LogP contribution in [0.2, 0.25) is 0 Å². The minimum absolute atomic E-state index is 0.213. The van der Waals surface area contributed by atoms with Crippen molar-refractivity contribution in [2.24, 2.45) is 11.7 Å². The predicted molar refractivity (Wildman–Crippen MR) is 70.9 cm³/mol. The third kappa shape index (κ3) is 4.38. The second-order valence-corrected chi connectivity index (χ2v) is 4.99. The van der Waals surface area contributed by atoms with Crippen LogP contribution in [-0.2, 0) is 11.2 Å². The molecule has 0 saturated carbocycles. The topological polar surface area (TPSA) is 80.1 Å². The van der Waals surface area contributed by atoms with Crippen LogP contribution in [0.4, 0.5) is 14.7 Å². The maximum absolute atomic E-state index is 11.9. The molecule has 0 spiro atoms. The Morgan fingerprint density at radius 1 is 1.50 bits per heavy atom. The number of nitrogens with one attached hydrogen (secondary N) is 1. The number of nitrogens with two attached hydrogens (primary N) is 1. The van der Waals surface area contributed by atoms with Crippen LogP contribution in [-0.4, -0.2) is 54.5 Å². The van der Waals surface area contributed by atoms with Crippen LogP contribution in [0.25, 0.3) is 0 Å². The maximum Gasteiger partial charge on any atom is 0.261 e. The minimum Gasteiger partial charge on any atom is -0.375 e. The first kappa shape index (κ1) is 15.1. The van der Waals surface area contributed by atoms with E-state index < -0.39 is 13.0 Å². The number of piperidine rings is 1. The van der Waals surface area contributed by atoms with E-state index in [4.69, 9.17) is 10.5 Å². The highest BCUT2D eigenvalue weighted by molar-refractivity contribution is 5.29. The van der Waals surface area contributed by atoms with E-state index in [0.717, 1.165) is 25.9 Å². The van der Waals surface area contributed by atoms with Crippen molar-refractivity contribution in [1.82, 2.24) is 15.2 Å². The average Bonchev–Trinajstić information content (AvgIpc) is 2.92. The highest BCUT2D eigenvalue weighted by Gasteiger charge is 2.21. The largest absolute Gasteiger partial charge is 0.375 e. The van der Waals surface area contributed by atoms with E-state index in [-0.39, 0.29) is 6.61 Å². The fraction of sp³-hybridized carbons (Fsp3) is 0.833. The quantitative estimate of drug-likeness (QED) is 0.726. The Morgan fingerprint density at radius 3 is 3.10 bits per heavy atom. The van der Waals surface area contributed by atoms with Gasteiger partial charge in [-0.25, -0.2) is 8.78 Å². The lowest BCUT2D eigenvalue weighted by Gasteiger charge is -2.31. The van der Waals surface area contributed by atoms with Gasteiger partial charge >= 0.3 is 0 Å². The van der Waals surface area contributed by atoms with E-state index in [2.05, 4.69) is 20.1 Å². The number of aromatic nitrogens is 3. The van der Waals surface area contributed by atoms with Gasteiger partial charge in [0.25, 0.3) is 6.43 Å². The predicted octanol–water partition coefficient (Wildman–Crippen LogP) is 0.804. The zero-order valence-electron chi connectivity index (χ0n) is 11.4. The molecule has 1 fully saturated rings. The molecule has 0 bridgehead atoms. The van der Waals surface area contributed by atoms with Crippen LogP contribution in [0.15, 0.2) is 0 Å². The number of H-pyrrole nitrogens is 1. The van der Waals surface area contributed by atoms with Crippen molar-refractivity contribution < 1.29 is 13.5 Å². The van der Waals surface area contributed by atoms with Crippen molar-refractivity contribution in [3.63, 3.8) is 0 Å². The molecule has 1 aliphatic heterocycles. The molecule has 8 heteroatoms. The number of alkyl halides is 2. The van der Waals surface area contributed by atoms with Gasteiger partial charge in [-0.05, 0) is 25.3 Å². The van der Waals surface area contributed by atoms with Gasteiger partial charge in [-0.2, -0.15) is 4.98 Å². The molecule has 20 heavy (non-hydrogen) atoms. The Balaban J connectivity index is 1.79. The molecule has 1 aromatic heterocycles. The molecule has 1 aromatic rings. The molecule has 2 heterocycles. The van der Waals surface area contributed by atoms with Crippen LogP contribution >= 0.6 is 0 Å². The van der Waals surface area contributed by atoms with Gasteiger partial charge in [0.1, 0.15) is 12.4 Å². The SMILES string of the molecule is NCC1CCCN(c2n[nH]c(CCOCC(F)F)n2)C1. The molecular weight excluding hydrogens is 268 g/mol. The highest BCUT2D eigenvalue weighted by atomic mass is 19.3. The number of aromatic amines is 1. The Bertz CT molecular complexity index is 401. The summed E-state index contributed by atoms with van der Waals surface area (Å²) in [6.07, 6.45) is 0.255. The second-order valence-electron chi connectivity index (χ2n) is 4.99. The number of anilines is 1. The summed E-state index contributed by atoms with van der Waals surface area (Å²) in [4.78, 5) is 6.48. The zero-order valence-corrected chi connectivity index (χ0v) is 11.4. The lowest BCUT2D eigenvalue weighted by atomic mass is 9.99. The summed E-state index contributed by atoms with van der Waals surface area (Å²) in [5, 5.41) is 6.99. The van der Waals surface area contributed by atoms with Crippen molar-refractivity contribution >= 4 is 5.95 Å². The average molecular weight is 289 g/mol. The fourth-order valence-corrected chi connectivity index (χ4v) is 2.32. The summed E-state index contributed by atoms with van der Waals surface area (Å²) in [5.41, 5.74) is 5.70. The first-order valence-corrected chi connectivity index (χ1v) is 6.91. The van der Waals surface area contributed by atoms with Crippen molar-refractivity contribution in [2.45, 2.75) is 25.7 Å². The van der Waals surface area contributed by atoms with Crippen molar-refractivity contribution in [2.75, 3.05) is 37.7 Å². The molecule has 1 saturated heterocycles. The number of hydrogen-bond acceptors (Lipinski definition) is 5. The maximum atomic E-state index is 11.9. The smallest absolute Gasteiger partial charge is 0.261 e. The number of halogens is 2. The van der Waals surface area contributed by atoms with Crippen molar-refractivity contribution in [3.8, 4) is 0 Å². The molecule has 3 N–H and O–H groups in total. The normalized spacial score (nSPS) is 19.8. The van der Waals surface area contributed by atoms with Crippen molar-refractivity contribution in [3.05, 3.63) is 5.82 Å². The Labute approximate surface area is 116 Å². The van der Waals surface area contributed by atoms with Crippen LogP contribution in [0.5, 0.6) is 0 Å². The van der Waals surface area contributed by atoms with Crippen molar-refractivity contribution in [1.29, 1.82) is 0 Å². The second kappa shape index (κ2) is 7.49.